The largest absolute Gasteiger partial charge is 0.351 e. The van der Waals surface area contributed by atoms with E-state index in [9.17, 15) is 9.59 Å². The van der Waals surface area contributed by atoms with Crippen molar-refractivity contribution in [2.75, 3.05) is 26.7 Å². The molecular formula is C11H18N4O2. The van der Waals surface area contributed by atoms with Gasteiger partial charge in [0.2, 0.25) is 5.91 Å². The molecule has 0 aromatic rings. The zero-order valence-electron chi connectivity index (χ0n) is 10.0. The molecule has 0 spiro atoms. The summed E-state index contributed by atoms with van der Waals surface area (Å²) in [6.07, 6.45) is 1.90. The fraction of sp³-hybridized carbons (Fsp3) is 0.727. The molecule has 1 unspecified atom stereocenters. The first kappa shape index (κ1) is 12.0. The molecule has 2 N–H and O–H groups in total. The summed E-state index contributed by atoms with van der Waals surface area (Å²) >= 11 is 0. The van der Waals surface area contributed by atoms with E-state index in [2.05, 4.69) is 27.8 Å². The van der Waals surface area contributed by atoms with Crippen molar-refractivity contribution < 1.29 is 9.59 Å². The van der Waals surface area contributed by atoms with Crippen molar-refractivity contribution in [3.8, 4) is 0 Å². The summed E-state index contributed by atoms with van der Waals surface area (Å²) in [5, 5.41) is 6.65. The highest BCUT2D eigenvalue weighted by Crippen LogP contribution is 2.12. The predicted molar refractivity (Wildman–Crippen MR) is 63.4 cm³/mol. The van der Waals surface area contributed by atoms with Gasteiger partial charge in [0.25, 0.3) is 5.91 Å². The first-order chi connectivity index (χ1) is 8.15. The van der Waals surface area contributed by atoms with Gasteiger partial charge in [-0.1, -0.05) is 0 Å². The monoisotopic (exact) mass is 238 g/mol. The highest BCUT2D eigenvalue weighted by Gasteiger charge is 2.22. The average molecular weight is 238 g/mol. The van der Waals surface area contributed by atoms with Crippen molar-refractivity contribution in [1.82, 2.24) is 15.6 Å². The van der Waals surface area contributed by atoms with E-state index in [1.54, 1.807) is 0 Å². The summed E-state index contributed by atoms with van der Waals surface area (Å²) in [6, 6.07) is 0. The van der Waals surface area contributed by atoms with E-state index in [0.29, 0.717) is 31.0 Å². The SMILES string of the molecule is CN1CCC(CNC(=O)C2=NNC(=O)CC2)C1. The molecule has 6 nitrogen and oxygen atoms in total. The lowest BCUT2D eigenvalue weighted by molar-refractivity contribution is -0.121. The predicted octanol–water partition coefficient (Wildman–Crippen LogP) is -0.680. The van der Waals surface area contributed by atoms with Gasteiger partial charge in [-0.3, -0.25) is 9.59 Å². The second kappa shape index (κ2) is 5.27. The maximum absolute atomic E-state index is 11.7. The molecule has 94 valence electrons. The number of carbonyl (C=O) groups is 2. The Kier molecular flexibility index (Phi) is 3.73. The first-order valence-electron chi connectivity index (χ1n) is 5.97. The molecule has 1 saturated heterocycles. The Morgan fingerprint density at radius 3 is 3.00 bits per heavy atom. The van der Waals surface area contributed by atoms with E-state index in [0.717, 1.165) is 19.5 Å². The summed E-state index contributed by atoms with van der Waals surface area (Å²) in [5.41, 5.74) is 2.75. The van der Waals surface area contributed by atoms with E-state index in [4.69, 9.17) is 0 Å². The third-order valence-corrected chi connectivity index (χ3v) is 3.21. The van der Waals surface area contributed by atoms with Crippen LogP contribution in [0.3, 0.4) is 0 Å². The molecule has 0 radical (unpaired) electrons. The number of hydrogen-bond acceptors (Lipinski definition) is 4. The third kappa shape index (κ3) is 3.26. The zero-order chi connectivity index (χ0) is 12.3. The highest BCUT2D eigenvalue weighted by molar-refractivity contribution is 6.39. The van der Waals surface area contributed by atoms with Crippen molar-refractivity contribution in [2.45, 2.75) is 19.3 Å². The normalized spacial score (nSPS) is 25.4. The summed E-state index contributed by atoms with van der Waals surface area (Å²) in [4.78, 5) is 24.9. The molecule has 0 bridgehead atoms. The van der Waals surface area contributed by atoms with Crippen molar-refractivity contribution in [2.24, 2.45) is 11.0 Å². The van der Waals surface area contributed by atoms with Gasteiger partial charge >= 0.3 is 0 Å². The van der Waals surface area contributed by atoms with Gasteiger partial charge in [0.15, 0.2) is 0 Å². The lowest BCUT2D eigenvalue weighted by atomic mass is 10.1. The van der Waals surface area contributed by atoms with Crippen molar-refractivity contribution in [1.29, 1.82) is 0 Å². The Hall–Kier alpha value is -1.43. The van der Waals surface area contributed by atoms with Gasteiger partial charge in [-0.2, -0.15) is 5.10 Å². The summed E-state index contributed by atoms with van der Waals surface area (Å²) in [6.45, 7) is 2.82. The Bertz CT molecular complexity index is 353. The van der Waals surface area contributed by atoms with Crippen LogP contribution in [-0.2, 0) is 9.59 Å². The van der Waals surface area contributed by atoms with Gasteiger partial charge in [-0.05, 0) is 25.9 Å². The molecule has 0 aromatic carbocycles. The standard InChI is InChI=1S/C11H18N4O2/c1-15-5-4-8(7-15)6-12-11(17)9-2-3-10(16)14-13-9/h8H,2-7H2,1H3,(H,12,17)(H,14,16). The van der Waals surface area contributed by atoms with Crippen LogP contribution in [0.1, 0.15) is 19.3 Å². The second-order valence-electron chi connectivity index (χ2n) is 4.72. The molecule has 2 rings (SSSR count). The van der Waals surface area contributed by atoms with Gasteiger partial charge in [0.05, 0.1) is 0 Å². The van der Waals surface area contributed by atoms with Crippen molar-refractivity contribution in [3.05, 3.63) is 0 Å². The Balaban J connectivity index is 1.76. The number of likely N-dealkylation sites (tertiary alicyclic amines) is 1. The number of amides is 2. The third-order valence-electron chi connectivity index (χ3n) is 3.21. The maximum atomic E-state index is 11.7. The molecule has 2 amide bonds. The van der Waals surface area contributed by atoms with E-state index in [1.165, 1.54) is 0 Å². The van der Waals surface area contributed by atoms with Crippen LogP contribution in [0.4, 0.5) is 0 Å². The minimum atomic E-state index is -0.153. The highest BCUT2D eigenvalue weighted by atomic mass is 16.2. The molecule has 0 saturated carbocycles. The molecule has 2 aliphatic heterocycles. The quantitative estimate of drug-likeness (QED) is 0.684. The van der Waals surface area contributed by atoms with E-state index in [1.807, 2.05) is 0 Å². The second-order valence-corrected chi connectivity index (χ2v) is 4.72. The van der Waals surface area contributed by atoms with Crippen LogP contribution < -0.4 is 10.7 Å². The van der Waals surface area contributed by atoms with E-state index in [-0.39, 0.29) is 11.8 Å². The van der Waals surface area contributed by atoms with Gasteiger partial charge in [0.1, 0.15) is 5.71 Å². The van der Waals surface area contributed by atoms with Crippen molar-refractivity contribution in [3.63, 3.8) is 0 Å². The molecule has 1 atom stereocenters. The topological polar surface area (TPSA) is 73.8 Å². The number of carbonyl (C=O) groups excluding carboxylic acids is 2. The number of hydrazone groups is 1. The molecule has 6 heteroatoms. The maximum Gasteiger partial charge on any atom is 0.267 e. The van der Waals surface area contributed by atoms with Crippen LogP contribution in [0.2, 0.25) is 0 Å². The van der Waals surface area contributed by atoms with Crippen LogP contribution in [0, 0.1) is 5.92 Å². The minimum absolute atomic E-state index is 0.126. The number of hydrogen-bond donors (Lipinski definition) is 2. The lowest BCUT2D eigenvalue weighted by Crippen LogP contribution is -2.39. The van der Waals surface area contributed by atoms with E-state index >= 15 is 0 Å². The molecule has 2 aliphatic rings. The van der Waals surface area contributed by atoms with Gasteiger partial charge < -0.3 is 10.2 Å². The van der Waals surface area contributed by atoms with Crippen LogP contribution in [0.15, 0.2) is 5.10 Å². The van der Waals surface area contributed by atoms with Gasteiger partial charge in [-0.25, -0.2) is 5.43 Å². The molecule has 2 heterocycles. The molecule has 0 aromatic heterocycles. The summed E-state index contributed by atoms with van der Waals surface area (Å²) in [7, 11) is 2.09. The number of rotatable bonds is 3. The average Bonchev–Trinajstić information content (AvgIpc) is 2.73. The van der Waals surface area contributed by atoms with Gasteiger partial charge in [-0.15, -0.1) is 0 Å². The fourth-order valence-electron chi connectivity index (χ4n) is 2.17. The lowest BCUT2D eigenvalue weighted by Gasteiger charge is -2.14. The molecule has 1 fully saturated rings. The fourth-order valence-corrected chi connectivity index (χ4v) is 2.17. The zero-order valence-corrected chi connectivity index (χ0v) is 10.0. The summed E-state index contributed by atoms with van der Waals surface area (Å²) < 4.78 is 0. The molecular weight excluding hydrogens is 220 g/mol. The van der Waals surface area contributed by atoms with Crippen molar-refractivity contribution >= 4 is 17.5 Å². The Morgan fingerprint density at radius 2 is 2.41 bits per heavy atom. The Labute approximate surface area is 100 Å². The number of nitrogens with zero attached hydrogens (tertiary/aromatic N) is 2. The Morgan fingerprint density at radius 1 is 1.59 bits per heavy atom. The van der Waals surface area contributed by atoms with Crippen LogP contribution >= 0.6 is 0 Å². The first-order valence-corrected chi connectivity index (χ1v) is 5.97. The summed E-state index contributed by atoms with van der Waals surface area (Å²) in [5.74, 6) is 0.251. The van der Waals surface area contributed by atoms with Crippen LogP contribution in [0.5, 0.6) is 0 Å². The smallest absolute Gasteiger partial charge is 0.267 e. The van der Waals surface area contributed by atoms with Crippen LogP contribution in [0.25, 0.3) is 0 Å². The minimum Gasteiger partial charge on any atom is -0.351 e. The molecule has 17 heavy (non-hydrogen) atoms. The van der Waals surface area contributed by atoms with Gasteiger partial charge in [0, 0.05) is 25.9 Å². The number of nitrogens with one attached hydrogen (secondary N) is 2. The van der Waals surface area contributed by atoms with Crippen LogP contribution in [-0.4, -0.2) is 49.1 Å². The molecule has 0 aliphatic carbocycles. The van der Waals surface area contributed by atoms with E-state index < -0.39 is 0 Å².